The number of nitrogens with zero attached hydrogens (tertiary/aromatic N) is 1. The maximum Gasteiger partial charge on any atom is 0.416 e. The lowest BCUT2D eigenvalue weighted by Gasteiger charge is -2.29. The lowest BCUT2D eigenvalue weighted by atomic mass is 9.82. The molecule has 1 amide bonds. The molecule has 1 aliphatic carbocycles. The lowest BCUT2D eigenvalue weighted by molar-refractivity contribution is -0.138. The Morgan fingerprint density at radius 3 is 2.65 bits per heavy atom. The zero-order valence-corrected chi connectivity index (χ0v) is 14.4. The first kappa shape index (κ1) is 18.7. The van der Waals surface area contributed by atoms with E-state index in [1.165, 1.54) is 6.07 Å². The second kappa shape index (κ2) is 7.67. The van der Waals surface area contributed by atoms with Gasteiger partial charge in [-0.05, 0) is 48.8 Å². The summed E-state index contributed by atoms with van der Waals surface area (Å²) in [4.78, 5) is 12.6. The fraction of sp³-hybridized carbons (Fsp3) is 0.579. The summed E-state index contributed by atoms with van der Waals surface area (Å²) in [6.45, 7) is 0.968. The quantitative estimate of drug-likeness (QED) is 0.863. The van der Waals surface area contributed by atoms with Gasteiger partial charge in [-0.3, -0.25) is 4.79 Å². The van der Waals surface area contributed by atoms with Crippen molar-refractivity contribution in [3.8, 4) is 6.07 Å². The third-order valence-electron chi connectivity index (χ3n) is 5.45. The summed E-state index contributed by atoms with van der Waals surface area (Å²) >= 11 is 0. The van der Waals surface area contributed by atoms with Gasteiger partial charge in [0, 0.05) is 25.6 Å². The number of hydrogen-bond acceptors (Lipinski definition) is 3. The predicted molar refractivity (Wildman–Crippen MR) is 90.0 cm³/mol. The van der Waals surface area contributed by atoms with E-state index in [0.29, 0.717) is 24.6 Å². The molecule has 0 spiro atoms. The minimum Gasteiger partial charge on any atom is -0.355 e. The molecule has 0 radical (unpaired) electrons. The monoisotopic (exact) mass is 365 g/mol. The minimum absolute atomic E-state index is 0.108. The van der Waals surface area contributed by atoms with Crippen LogP contribution in [0.3, 0.4) is 0 Å². The van der Waals surface area contributed by atoms with Gasteiger partial charge in [0.05, 0.1) is 17.6 Å². The standard InChI is InChI=1S/C19H22F3N3O/c20-19(21,22)17-3-1-2-14-15(17)10-24-11-16(14)18(26)25-9-13-6-4-12(8-23)5-7-13/h1-3,12-13,16,24H,4-7,9-11H2,(H,25,26). The van der Waals surface area contributed by atoms with Crippen molar-refractivity contribution >= 4 is 5.91 Å². The molecule has 0 bridgehead atoms. The highest BCUT2D eigenvalue weighted by atomic mass is 19.4. The number of rotatable bonds is 3. The van der Waals surface area contributed by atoms with Crippen LogP contribution in [0.2, 0.25) is 0 Å². The molecule has 1 aromatic carbocycles. The van der Waals surface area contributed by atoms with Crippen LogP contribution in [-0.4, -0.2) is 19.0 Å². The molecule has 140 valence electrons. The molecule has 0 saturated heterocycles. The van der Waals surface area contributed by atoms with Gasteiger partial charge in [0.2, 0.25) is 5.91 Å². The van der Waals surface area contributed by atoms with Crippen molar-refractivity contribution < 1.29 is 18.0 Å². The molecule has 1 fully saturated rings. The molecular weight excluding hydrogens is 343 g/mol. The zero-order valence-electron chi connectivity index (χ0n) is 14.4. The van der Waals surface area contributed by atoms with Crippen LogP contribution in [0.1, 0.15) is 48.3 Å². The highest BCUT2D eigenvalue weighted by Gasteiger charge is 2.37. The van der Waals surface area contributed by atoms with Crippen molar-refractivity contribution in [1.82, 2.24) is 10.6 Å². The minimum atomic E-state index is -4.43. The van der Waals surface area contributed by atoms with Crippen molar-refractivity contribution in [2.24, 2.45) is 11.8 Å². The van der Waals surface area contributed by atoms with Gasteiger partial charge in [-0.25, -0.2) is 0 Å². The molecule has 2 aliphatic rings. The number of alkyl halides is 3. The van der Waals surface area contributed by atoms with Gasteiger partial charge in [0.25, 0.3) is 0 Å². The van der Waals surface area contributed by atoms with Crippen LogP contribution >= 0.6 is 0 Å². The number of hydrogen-bond donors (Lipinski definition) is 2. The number of carbonyl (C=O) groups excluding carboxylic acids is 1. The molecule has 1 unspecified atom stereocenters. The smallest absolute Gasteiger partial charge is 0.355 e. The van der Waals surface area contributed by atoms with Crippen LogP contribution in [-0.2, 0) is 17.5 Å². The van der Waals surface area contributed by atoms with Gasteiger partial charge in [-0.1, -0.05) is 12.1 Å². The fourth-order valence-corrected chi connectivity index (χ4v) is 3.94. The molecule has 1 saturated carbocycles. The van der Waals surface area contributed by atoms with Crippen molar-refractivity contribution in [1.29, 1.82) is 5.26 Å². The van der Waals surface area contributed by atoms with E-state index < -0.39 is 17.7 Å². The topological polar surface area (TPSA) is 64.9 Å². The summed E-state index contributed by atoms with van der Waals surface area (Å²) in [6.07, 6.45) is -0.934. The van der Waals surface area contributed by atoms with E-state index >= 15 is 0 Å². The van der Waals surface area contributed by atoms with Gasteiger partial charge >= 0.3 is 6.18 Å². The third kappa shape index (κ3) is 4.01. The number of fused-ring (bicyclic) bond motifs is 1. The van der Waals surface area contributed by atoms with Crippen LogP contribution < -0.4 is 10.6 Å². The van der Waals surface area contributed by atoms with Gasteiger partial charge in [-0.15, -0.1) is 0 Å². The van der Waals surface area contributed by atoms with Crippen molar-refractivity contribution in [3.63, 3.8) is 0 Å². The number of amides is 1. The number of carbonyl (C=O) groups is 1. The van der Waals surface area contributed by atoms with E-state index in [1.54, 1.807) is 6.07 Å². The Hall–Kier alpha value is -2.07. The van der Waals surface area contributed by atoms with Crippen LogP contribution in [0.15, 0.2) is 18.2 Å². The maximum atomic E-state index is 13.2. The molecule has 26 heavy (non-hydrogen) atoms. The molecule has 3 rings (SSSR count). The summed E-state index contributed by atoms with van der Waals surface area (Å²) in [5.41, 5.74) is -0.0417. The number of halogens is 3. The molecule has 4 nitrogen and oxygen atoms in total. The number of nitriles is 1. The third-order valence-corrected chi connectivity index (χ3v) is 5.45. The first-order chi connectivity index (χ1) is 12.4. The Balaban J connectivity index is 1.66. The van der Waals surface area contributed by atoms with E-state index in [2.05, 4.69) is 16.7 Å². The van der Waals surface area contributed by atoms with Crippen LogP contribution in [0, 0.1) is 23.2 Å². The average molecular weight is 365 g/mol. The maximum absolute atomic E-state index is 13.2. The molecule has 1 atom stereocenters. The second-order valence-corrected chi connectivity index (χ2v) is 7.15. The van der Waals surface area contributed by atoms with Crippen molar-refractivity contribution in [2.45, 2.75) is 44.3 Å². The lowest BCUT2D eigenvalue weighted by Crippen LogP contribution is -2.41. The Morgan fingerprint density at radius 1 is 1.27 bits per heavy atom. The number of benzene rings is 1. The zero-order chi connectivity index (χ0) is 18.7. The first-order valence-corrected chi connectivity index (χ1v) is 8.97. The van der Waals surface area contributed by atoms with Gasteiger partial charge in [0.1, 0.15) is 0 Å². The summed E-state index contributed by atoms with van der Waals surface area (Å²) < 4.78 is 39.6. The summed E-state index contributed by atoms with van der Waals surface area (Å²) in [5.74, 6) is -0.407. The van der Waals surface area contributed by atoms with E-state index in [0.717, 1.165) is 31.7 Å². The molecule has 7 heteroatoms. The van der Waals surface area contributed by atoms with Gasteiger partial charge in [0.15, 0.2) is 0 Å². The van der Waals surface area contributed by atoms with Crippen molar-refractivity contribution in [3.05, 3.63) is 34.9 Å². The van der Waals surface area contributed by atoms with Gasteiger partial charge in [-0.2, -0.15) is 18.4 Å². The normalized spacial score (nSPS) is 25.8. The summed E-state index contributed by atoms with van der Waals surface area (Å²) in [5, 5.41) is 14.8. The molecule has 1 aliphatic heterocycles. The Kier molecular flexibility index (Phi) is 5.52. The second-order valence-electron chi connectivity index (χ2n) is 7.15. The van der Waals surface area contributed by atoms with Crippen LogP contribution in [0.5, 0.6) is 0 Å². The highest BCUT2D eigenvalue weighted by molar-refractivity contribution is 5.84. The Labute approximate surface area is 150 Å². The van der Waals surface area contributed by atoms with Gasteiger partial charge < -0.3 is 10.6 Å². The molecule has 0 aromatic heterocycles. The number of nitrogens with one attached hydrogen (secondary N) is 2. The fourth-order valence-electron chi connectivity index (χ4n) is 3.94. The first-order valence-electron chi connectivity index (χ1n) is 8.97. The largest absolute Gasteiger partial charge is 0.416 e. The molecule has 1 aromatic rings. The van der Waals surface area contributed by atoms with E-state index in [1.807, 2.05) is 0 Å². The van der Waals surface area contributed by atoms with Crippen molar-refractivity contribution in [2.75, 3.05) is 13.1 Å². The molecular formula is C19H22F3N3O. The molecule has 2 N–H and O–H groups in total. The van der Waals surface area contributed by atoms with Crippen LogP contribution in [0.4, 0.5) is 13.2 Å². The van der Waals surface area contributed by atoms with E-state index in [-0.39, 0.29) is 23.9 Å². The van der Waals surface area contributed by atoms with Crippen LogP contribution in [0.25, 0.3) is 0 Å². The predicted octanol–water partition coefficient (Wildman–Crippen LogP) is 3.34. The molecule has 1 heterocycles. The average Bonchev–Trinajstić information content (AvgIpc) is 2.64. The Morgan fingerprint density at radius 2 is 2.00 bits per heavy atom. The SMILES string of the molecule is N#CC1CCC(CNC(=O)C2CNCc3c2cccc3C(F)(F)F)CC1. The Bertz CT molecular complexity index is 703. The highest BCUT2D eigenvalue weighted by Crippen LogP contribution is 2.37. The van der Waals surface area contributed by atoms with E-state index in [9.17, 15) is 18.0 Å². The summed E-state index contributed by atoms with van der Waals surface area (Å²) in [6, 6.07) is 6.34. The van der Waals surface area contributed by atoms with E-state index in [4.69, 9.17) is 5.26 Å². The summed E-state index contributed by atoms with van der Waals surface area (Å²) in [7, 11) is 0.